The third-order valence-corrected chi connectivity index (χ3v) is 4.87. The van der Waals surface area contributed by atoms with Crippen LogP contribution in [0.3, 0.4) is 0 Å². The first-order valence-corrected chi connectivity index (χ1v) is 8.77. The molecule has 1 aromatic rings. The van der Waals surface area contributed by atoms with Crippen LogP contribution in [0.2, 0.25) is 0 Å². The van der Waals surface area contributed by atoms with E-state index in [-0.39, 0.29) is 11.7 Å². The third-order valence-electron chi connectivity index (χ3n) is 4.87. The number of rotatable bonds is 4. The second-order valence-electron chi connectivity index (χ2n) is 7.21. The Kier molecular flexibility index (Phi) is 4.63. The molecule has 3 rings (SSSR count). The van der Waals surface area contributed by atoms with Crippen molar-refractivity contribution in [1.82, 2.24) is 4.90 Å². The number of fused-ring (bicyclic) bond motifs is 1. The minimum atomic E-state index is -0.882. The maximum absolute atomic E-state index is 12.9. The van der Waals surface area contributed by atoms with Gasteiger partial charge in [-0.05, 0) is 64.9 Å². The molecule has 0 radical (unpaired) electrons. The molecule has 0 atom stereocenters. The lowest BCUT2D eigenvalue weighted by atomic mass is 10.0. The van der Waals surface area contributed by atoms with E-state index in [0.29, 0.717) is 23.5 Å². The first-order valence-electron chi connectivity index (χ1n) is 8.77. The zero-order valence-corrected chi connectivity index (χ0v) is 14.8. The van der Waals surface area contributed by atoms with Gasteiger partial charge in [0.25, 0.3) is 5.91 Å². The Morgan fingerprint density at radius 3 is 2.54 bits per heavy atom. The standard InChI is InChI=1S/C19H26N2O3/c1-14(22)15-7-8-17-16(13-15)21(18(23)19(2,3)24-17)12-11-20-9-5-4-6-10-20/h7-8,13H,4-6,9-12H2,1-3H3. The summed E-state index contributed by atoms with van der Waals surface area (Å²) in [6.45, 7) is 8.81. The highest BCUT2D eigenvalue weighted by Gasteiger charge is 2.41. The summed E-state index contributed by atoms with van der Waals surface area (Å²) >= 11 is 0. The summed E-state index contributed by atoms with van der Waals surface area (Å²) in [4.78, 5) is 28.8. The van der Waals surface area contributed by atoms with E-state index >= 15 is 0 Å². The Morgan fingerprint density at radius 1 is 1.17 bits per heavy atom. The van der Waals surface area contributed by atoms with Crippen LogP contribution in [0.5, 0.6) is 5.75 Å². The van der Waals surface area contributed by atoms with Crippen molar-refractivity contribution >= 4 is 17.4 Å². The molecule has 0 unspecified atom stereocenters. The second kappa shape index (κ2) is 6.55. The summed E-state index contributed by atoms with van der Waals surface area (Å²) in [6.07, 6.45) is 3.76. The van der Waals surface area contributed by atoms with Crippen molar-refractivity contribution in [3.63, 3.8) is 0 Å². The smallest absolute Gasteiger partial charge is 0.270 e. The van der Waals surface area contributed by atoms with Gasteiger partial charge in [-0.15, -0.1) is 0 Å². The van der Waals surface area contributed by atoms with Crippen LogP contribution >= 0.6 is 0 Å². The van der Waals surface area contributed by atoms with E-state index in [2.05, 4.69) is 4.90 Å². The number of ketones is 1. The van der Waals surface area contributed by atoms with E-state index in [9.17, 15) is 9.59 Å². The molecule has 0 bridgehead atoms. The minimum Gasteiger partial charge on any atom is -0.476 e. The summed E-state index contributed by atoms with van der Waals surface area (Å²) in [5, 5.41) is 0. The summed E-state index contributed by atoms with van der Waals surface area (Å²) < 4.78 is 5.87. The van der Waals surface area contributed by atoms with Gasteiger partial charge in [-0.2, -0.15) is 0 Å². The summed E-state index contributed by atoms with van der Waals surface area (Å²) in [6, 6.07) is 5.34. The van der Waals surface area contributed by atoms with Crippen LogP contribution in [0.4, 0.5) is 5.69 Å². The molecule has 0 aliphatic carbocycles. The Hall–Kier alpha value is -1.88. The molecular weight excluding hydrogens is 304 g/mol. The fourth-order valence-corrected chi connectivity index (χ4v) is 3.43. The van der Waals surface area contributed by atoms with Gasteiger partial charge in [0, 0.05) is 18.7 Å². The number of carbonyl (C=O) groups is 2. The number of ether oxygens (including phenoxy) is 1. The van der Waals surface area contributed by atoms with Crippen LogP contribution in [0.1, 0.15) is 50.4 Å². The monoisotopic (exact) mass is 330 g/mol. The number of amides is 1. The maximum Gasteiger partial charge on any atom is 0.270 e. The first kappa shape index (κ1) is 17.0. The molecule has 1 aromatic carbocycles. The Balaban J connectivity index is 1.86. The number of likely N-dealkylation sites (tertiary alicyclic amines) is 1. The molecule has 5 heteroatoms. The molecular formula is C19H26N2O3. The van der Waals surface area contributed by atoms with Crippen molar-refractivity contribution in [3.05, 3.63) is 23.8 Å². The third kappa shape index (κ3) is 3.31. The van der Waals surface area contributed by atoms with Crippen molar-refractivity contribution < 1.29 is 14.3 Å². The molecule has 5 nitrogen and oxygen atoms in total. The Morgan fingerprint density at radius 2 is 1.88 bits per heavy atom. The molecule has 1 fully saturated rings. The molecule has 1 saturated heterocycles. The zero-order chi connectivity index (χ0) is 17.3. The predicted molar refractivity (Wildman–Crippen MR) is 93.8 cm³/mol. The Bertz CT molecular complexity index is 648. The van der Waals surface area contributed by atoms with Crippen LogP contribution in [-0.2, 0) is 4.79 Å². The second-order valence-corrected chi connectivity index (χ2v) is 7.21. The minimum absolute atomic E-state index is 0.00827. The van der Waals surface area contributed by atoms with Crippen LogP contribution in [0, 0.1) is 0 Å². The van der Waals surface area contributed by atoms with Crippen molar-refractivity contribution in [3.8, 4) is 5.75 Å². The summed E-state index contributed by atoms with van der Waals surface area (Å²) in [5.74, 6) is 0.613. The molecule has 0 saturated carbocycles. The normalized spacial score (nSPS) is 20.5. The van der Waals surface area contributed by atoms with Gasteiger partial charge in [-0.1, -0.05) is 6.42 Å². The highest BCUT2D eigenvalue weighted by molar-refractivity contribution is 6.04. The van der Waals surface area contributed by atoms with Crippen LogP contribution in [0.15, 0.2) is 18.2 Å². The maximum atomic E-state index is 12.9. The van der Waals surface area contributed by atoms with E-state index in [0.717, 1.165) is 19.6 Å². The Labute approximate surface area is 143 Å². The van der Waals surface area contributed by atoms with Gasteiger partial charge in [-0.3, -0.25) is 9.59 Å². The highest BCUT2D eigenvalue weighted by Crippen LogP contribution is 2.38. The SMILES string of the molecule is CC(=O)c1ccc2c(c1)N(CCN1CCCCC1)C(=O)C(C)(C)O2. The number of carbonyl (C=O) groups excluding carboxylic acids is 2. The number of nitrogens with zero attached hydrogens (tertiary/aromatic N) is 2. The molecule has 2 aliphatic rings. The van der Waals surface area contributed by atoms with Crippen molar-refractivity contribution in [2.24, 2.45) is 0 Å². The number of benzene rings is 1. The number of hydrogen-bond donors (Lipinski definition) is 0. The zero-order valence-electron chi connectivity index (χ0n) is 14.8. The molecule has 24 heavy (non-hydrogen) atoms. The van der Waals surface area contributed by atoms with E-state index in [1.54, 1.807) is 36.9 Å². The molecule has 0 N–H and O–H groups in total. The lowest BCUT2D eigenvalue weighted by Crippen LogP contribution is -2.54. The fraction of sp³-hybridized carbons (Fsp3) is 0.579. The van der Waals surface area contributed by atoms with Crippen LogP contribution in [-0.4, -0.2) is 48.4 Å². The van der Waals surface area contributed by atoms with Crippen LogP contribution < -0.4 is 9.64 Å². The average Bonchev–Trinajstić information content (AvgIpc) is 2.55. The highest BCUT2D eigenvalue weighted by atomic mass is 16.5. The van der Waals surface area contributed by atoms with Gasteiger partial charge in [0.2, 0.25) is 0 Å². The lowest BCUT2D eigenvalue weighted by Gasteiger charge is -2.40. The number of piperidine rings is 1. The largest absolute Gasteiger partial charge is 0.476 e. The summed E-state index contributed by atoms with van der Waals surface area (Å²) in [5.41, 5.74) is 0.434. The quantitative estimate of drug-likeness (QED) is 0.797. The fourth-order valence-electron chi connectivity index (χ4n) is 3.43. The molecule has 2 heterocycles. The van der Waals surface area contributed by atoms with Crippen LogP contribution in [0.25, 0.3) is 0 Å². The van der Waals surface area contributed by atoms with Crippen molar-refractivity contribution in [2.75, 3.05) is 31.1 Å². The molecule has 1 amide bonds. The predicted octanol–water partition coefficient (Wildman–Crippen LogP) is 2.88. The number of anilines is 1. The van der Waals surface area contributed by atoms with E-state index in [1.807, 2.05) is 0 Å². The van der Waals surface area contributed by atoms with Gasteiger partial charge >= 0.3 is 0 Å². The van der Waals surface area contributed by atoms with Gasteiger partial charge < -0.3 is 14.5 Å². The summed E-state index contributed by atoms with van der Waals surface area (Å²) in [7, 11) is 0. The van der Waals surface area contributed by atoms with Crippen molar-refractivity contribution in [2.45, 2.75) is 45.6 Å². The van der Waals surface area contributed by atoms with Gasteiger partial charge in [-0.25, -0.2) is 0 Å². The molecule has 0 aromatic heterocycles. The van der Waals surface area contributed by atoms with E-state index in [4.69, 9.17) is 4.74 Å². The van der Waals surface area contributed by atoms with Gasteiger partial charge in [0.05, 0.1) is 5.69 Å². The van der Waals surface area contributed by atoms with Gasteiger partial charge in [0.15, 0.2) is 11.4 Å². The first-order chi connectivity index (χ1) is 11.4. The topological polar surface area (TPSA) is 49.9 Å². The lowest BCUT2D eigenvalue weighted by molar-refractivity contribution is -0.132. The van der Waals surface area contributed by atoms with E-state index in [1.165, 1.54) is 26.2 Å². The average molecular weight is 330 g/mol. The molecule has 0 spiro atoms. The molecule has 2 aliphatic heterocycles. The van der Waals surface area contributed by atoms with Gasteiger partial charge in [0.1, 0.15) is 5.75 Å². The number of Topliss-reactive ketones (excluding diaryl/α,β-unsaturated/α-hetero) is 1. The van der Waals surface area contributed by atoms with Crippen molar-refractivity contribution in [1.29, 1.82) is 0 Å². The van der Waals surface area contributed by atoms with E-state index < -0.39 is 5.60 Å². The number of hydrogen-bond acceptors (Lipinski definition) is 4. The molecule has 130 valence electrons.